The number of hydrogen-bond acceptors (Lipinski definition) is 6. The van der Waals surface area contributed by atoms with Gasteiger partial charge in [-0.2, -0.15) is 0 Å². The number of carbonyl (C=O) groups excluding carboxylic acids is 1. The van der Waals surface area contributed by atoms with Gasteiger partial charge in [-0.25, -0.2) is 0 Å². The maximum Gasteiger partial charge on any atom is 0.308 e. The Labute approximate surface area is 133 Å². The summed E-state index contributed by atoms with van der Waals surface area (Å²) in [5.74, 6) is -3.46. The largest absolute Gasteiger partial charge is 0.481 e. The molecule has 0 radical (unpaired) electrons. The Morgan fingerprint density at radius 2 is 1.39 bits per heavy atom. The summed E-state index contributed by atoms with van der Waals surface area (Å²) >= 11 is 0. The fourth-order valence-electron chi connectivity index (χ4n) is 2.50. The molecule has 4 atom stereocenters. The molecule has 1 saturated carbocycles. The van der Waals surface area contributed by atoms with Gasteiger partial charge in [0.05, 0.1) is 37.6 Å². The number of aliphatic carboxylic acids is 2. The number of carboxylic acid groups (broad SMARTS) is 2. The molecule has 2 saturated heterocycles. The Kier molecular flexibility index (Phi) is 6.35. The SMILES string of the molecule is O=C(CC1CO1)OCC1CO1.O=C(O)C1CCCCC1C(=O)O. The highest BCUT2D eigenvalue weighted by Crippen LogP contribution is 2.30. The lowest BCUT2D eigenvalue weighted by Gasteiger charge is -2.24. The molecule has 0 amide bonds. The molecule has 0 aromatic heterocycles. The molecule has 4 unspecified atom stereocenters. The van der Waals surface area contributed by atoms with Crippen molar-refractivity contribution in [2.75, 3.05) is 19.8 Å². The van der Waals surface area contributed by atoms with Crippen molar-refractivity contribution in [2.45, 2.75) is 44.3 Å². The molecule has 0 bridgehead atoms. The number of carbonyl (C=O) groups is 3. The minimum absolute atomic E-state index is 0.127. The minimum atomic E-state index is -0.970. The number of ether oxygens (including phenoxy) is 3. The van der Waals surface area contributed by atoms with E-state index in [1.165, 1.54) is 0 Å². The number of rotatable bonds is 6. The summed E-state index contributed by atoms with van der Waals surface area (Å²) in [6, 6.07) is 0. The van der Waals surface area contributed by atoms with Crippen LogP contribution in [-0.2, 0) is 28.6 Å². The van der Waals surface area contributed by atoms with Gasteiger partial charge in [0.25, 0.3) is 0 Å². The van der Waals surface area contributed by atoms with Gasteiger partial charge in [0.1, 0.15) is 12.7 Å². The van der Waals surface area contributed by atoms with E-state index in [-0.39, 0.29) is 18.2 Å². The highest BCUT2D eigenvalue weighted by Gasteiger charge is 2.35. The minimum Gasteiger partial charge on any atom is -0.481 e. The third kappa shape index (κ3) is 6.54. The summed E-state index contributed by atoms with van der Waals surface area (Å²) in [4.78, 5) is 32.1. The van der Waals surface area contributed by atoms with Crippen LogP contribution in [0.25, 0.3) is 0 Å². The summed E-state index contributed by atoms with van der Waals surface area (Å²) in [6.45, 7) is 1.84. The Morgan fingerprint density at radius 1 is 0.913 bits per heavy atom. The van der Waals surface area contributed by atoms with Crippen LogP contribution < -0.4 is 0 Å². The fraction of sp³-hybridized carbons (Fsp3) is 0.800. The van der Waals surface area contributed by atoms with Gasteiger partial charge >= 0.3 is 17.9 Å². The third-order valence-electron chi connectivity index (χ3n) is 4.03. The van der Waals surface area contributed by atoms with Crippen molar-refractivity contribution >= 4 is 17.9 Å². The lowest BCUT2D eigenvalue weighted by Crippen LogP contribution is -2.32. The first-order chi connectivity index (χ1) is 11.0. The molecule has 8 heteroatoms. The van der Waals surface area contributed by atoms with Crippen LogP contribution in [0.1, 0.15) is 32.1 Å². The van der Waals surface area contributed by atoms with Gasteiger partial charge in [-0.15, -0.1) is 0 Å². The van der Waals surface area contributed by atoms with Crippen LogP contribution in [0.2, 0.25) is 0 Å². The Morgan fingerprint density at radius 3 is 1.78 bits per heavy atom. The molecule has 3 aliphatic rings. The fourth-order valence-corrected chi connectivity index (χ4v) is 2.50. The van der Waals surface area contributed by atoms with Gasteiger partial charge in [-0.3, -0.25) is 14.4 Å². The van der Waals surface area contributed by atoms with Crippen LogP contribution >= 0.6 is 0 Å². The van der Waals surface area contributed by atoms with Gasteiger partial charge in [0.15, 0.2) is 0 Å². The number of epoxide rings is 2. The normalized spacial score (nSPS) is 31.3. The van der Waals surface area contributed by atoms with E-state index in [2.05, 4.69) is 0 Å². The molecule has 130 valence electrons. The van der Waals surface area contributed by atoms with Gasteiger partial charge in [-0.1, -0.05) is 12.8 Å². The summed E-state index contributed by atoms with van der Waals surface area (Å²) < 4.78 is 14.6. The van der Waals surface area contributed by atoms with Gasteiger partial charge < -0.3 is 24.4 Å². The number of hydrogen-bond donors (Lipinski definition) is 2. The van der Waals surface area contributed by atoms with Crippen LogP contribution in [-0.4, -0.2) is 60.1 Å². The molecule has 2 N–H and O–H groups in total. The summed E-state index contributed by atoms with van der Waals surface area (Å²) in [5.41, 5.74) is 0. The predicted octanol–water partition coefficient (Wildman–Crippen LogP) is 0.679. The molecule has 0 aromatic carbocycles. The van der Waals surface area contributed by atoms with E-state index in [4.69, 9.17) is 24.4 Å². The van der Waals surface area contributed by atoms with Crippen molar-refractivity contribution in [2.24, 2.45) is 11.8 Å². The predicted molar refractivity (Wildman–Crippen MR) is 75.8 cm³/mol. The van der Waals surface area contributed by atoms with Crippen LogP contribution in [0.3, 0.4) is 0 Å². The van der Waals surface area contributed by atoms with E-state index in [1.54, 1.807) is 0 Å². The lowest BCUT2D eigenvalue weighted by molar-refractivity contribution is -0.155. The second-order valence-electron chi connectivity index (χ2n) is 5.97. The van der Waals surface area contributed by atoms with E-state index >= 15 is 0 Å². The molecule has 23 heavy (non-hydrogen) atoms. The van der Waals surface area contributed by atoms with Crippen molar-refractivity contribution in [3.8, 4) is 0 Å². The third-order valence-corrected chi connectivity index (χ3v) is 4.03. The molecular weight excluding hydrogens is 308 g/mol. The Hall–Kier alpha value is -1.67. The summed E-state index contributed by atoms with van der Waals surface area (Å²) in [6.07, 6.45) is 3.37. The topological polar surface area (TPSA) is 126 Å². The van der Waals surface area contributed by atoms with E-state index in [0.717, 1.165) is 19.4 Å². The van der Waals surface area contributed by atoms with Gasteiger partial charge in [0, 0.05) is 0 Å². The van der Waals surface area contributed by atoms with Crippen molar-refractivity contribution in [1.82, 2.24) is 0 Å². The van der Waals surface area contributed by atoms with Crippen molar-refractivity contribution < 1.29 is 38.8 Å². The van der Waals surface area contributed by atoms with Crippen LogP contribution in [0.15, 0.2) is 0 Å². The monoisotopic (exact) mass is 330 g/mol. The molecule has 0 aromatic rings. The van der Waals surface area contributed by atoms with Crippen molar-refractivity contribution in [3.05, 3.63) is 0 Å². The van der Waals surface area contributed by atoms with Crippen molar-refractivity contribution in [1.29, 1.82) is 0 Å². The first-order valence-electron chi connectivity index (χ1n) is 7.81. The maximum atomic E-state index is 10.9. The molecule has 1 aliphatic carbocycles. The zero-order valence-electron chi connectivity index (χ0n) is 12.8. The quantitative estimate of drug-likeness (QED) is 0.538. The second kappa shape index (κ2) is 8.26. The number of carboxylic acids is 2. The molecule has 2 aliphatic heterocycles. The van der Waals surface area contributed by atoms with Crippen molar-refractivity contribution in [3.63, 3.8) is 0 Å². The lowest BCUT2D eigenvalue weighted by atomic mass is 9.79. The Bertz CT molecular complexity index is 419. The van der Waals surface area contributed by atoms with Gasteiger partial charge in [0.2, 0.25) is 0 Å². The zero-order chi connectivity index (χ0) is 16.8. The zero-order valence-corrected chi connectivity index (χ0v) is 12.8. The van der Waals surface area contributed by atoms with E-state index in [9.17, 15) is 14.4 Å². The van der Waals surface area contributed by atoms with Crippen LogP contribution in [0, 0.1) is 11.8 Å². The molecule has 0 spiro atoms. The first kappa shape index (κ1) is 17.7. The summed E-state index contributed by atoms with van der Waals surface area (Å²) in [5, 5.41) is 17.4. The van der Waals surface area contributed by atoms with Gasteiger partial charge in [-0.05, 0) is 12.8 Å². The second-order valence-corrected chi connectivity index (χ2v) is 5.97. The average molecular weight is 330 g/mol. The highest BCUT2D eigenvalue weighted by atomic mass is 16.6. The summed E-state index contributed by atoms with van der Waals surface area (Å²) in [7, 11) is 0. The maximum absolute atomic E-state index is 10.9. The Balaban J connectivity index is 0.000000167. The molecule has 3 fully saturated rings. The molecule has 8 nitrogen and oxygen atoms in total. The van der Waals surface area contributed by atoms with Crippen LogP contribution in [0.4, 0.5) is 0 Å². The van der Waals surface area contributed by atoms with Crippen LogP contribution in [0.5, 0.6) is 0 Å². The van der Waals surface area contributed by atoms with E-state index < -0.39 is 23.8 Å². The number of esters is 1. The smallest absolute Gasteiger partial charge is 0.308 e. The van der Waals surface area contributed by atoms with E-state index in [1.807, 2.05) is 0 Å². The average Bonchev–Trinajstić information content (AvgIpc) is 3.41. The molecular formula is C15H22O8. The highest BCUT2D eigenvalue weighted by molar-refractivity contribution is 5.80. The standard InChI is InChI=1S/C8H12O4.C7H10O4/c9-7(10)5-3-1-2-4-6(5)8(11)12;8-7(1-5-2-9-5)11-4-6-3-10-6/h5-6H,1-4H2,(H,9,10)(H,11,12);5-6H,1-4H2. The molecule has 3 rings (SSSR count). The first-order valence-corrected chi connectivity index (χ1v) is 7.81. The van der Waals surface area contributed by atoms with E-state index in [0.29, 0.717) is 32.5 Å². The molecule has 2 heterocycles.